The van der Waals surface area contributed by atoms with E-state index in [-0.39, 0.29) is 0 Å². The molecule has 0 aliphatic rings. The van der Waals surface area contributed by atoms with Gasteiger partial charge in [0.15, 0.2) is 0 Å². The zero-order valence-electron chi connectivity index (χ0n) is 13.6. The van der Waals surface area contributed by atoms with E-state index in [1.165, 1.54) is 0 Å². The number of benzene rings is 2. The maximum atomic E-state index is 5.86. The van der Waals surface area contributed by atoms with Crippen LogP contribution in [0.15, 0.2) is 36.4 Å². The van der Waals surface area contributed by atoms with Crippen molar-refractivity contribution in [3.05, 3.63) is 46.4 Å². The van der Waals surface area contributed by atoms with Gasteiger partial charge < -0.3 is 21.1 Å². The molecule has 0 heterocycles. The Balaban J connectivity index is 0.000000231. The molecular weight excluding hydrogens is 333 g/mol. The Morgan fingerprint density at radius 2 is 1.74 bits per heavy atom. The van der Waals surface area contributed by atoms with Crippen LogP contribution in [0, 0.1) is 0 Å². The molecule has 0 amide bonds. The maximum absolute atomic E-state index is 5.86. The molecule has 0 aliphatic carbocycles. The highest BCUT2D eigenvalue weighted by Crippen LogP contribution is 2.28. The first-order chi connectivity index (χ1) is 10.9. The number of hydrogen-bond donors (Lipinski definition) is 2. The lowest BCUT2D eigenvalue weighted by Gasteiger charge is -2.15. The van der Waals surface area contributed by atoms with Gasteiger partial charge in [0.25, 0.3) is 0 Å². The molecule has 2 aromatic carbocycles. The molecule has 2 aromatic rings. The van der Waals surface area contributed by atoms with Gasteiger partial charge in [-0.05, 0) is 36.8 Å². The van der Waals surface area contributed by atoms with Gasteiger partial charge in [-0.15, -0.1) is 0 Å². The van der Waals surface area contributed by atoms with Crippen LogP contribution in [-0.2, 0) is 0 Å². The van der Waals surface area contributed by atoms with Crippen molar-refractivity contribution < 1.29 is 4.74 Å². The molecular formula is C17H23Cl2N3O. The predicted molar refractivity (Wildman–Crippen MR) is 102 cm³/mol. The van der Waals surface area contributed by atoms with Crippen molar-refractivity contribution in [2.24, 2.45) is 0 Å². The van der Waals surface area contributed by atoms with Gasteiger partial charge in [0.1, 0.15) is 5.75 Å². The van der Waals surface area contributed by atoms with E-state index in [1.54, 1.807) is 24.3 Å². The topological polar surface area (TPSA) is 64.5 Å². The lowest BCUT2D eigenvalue weighted by molar-refractivity contribution is 0.317. The zero-order chi connectivity index (χ0) is 17.4. The number of anilines is 3. The fraction of sp³-hybridized carbons (Fsp3) is 0.294. The van der Waals surface area contributed by atoms with Crippen molar-refractivity contribution in [2.75, 3.05) is 37.1 Å². The Bertz CT molecular complexity index is 633. The molecule has 0 radical (unpaired) electrons. The van der Waals surface area contributed by atoms with Gasteiger partial charge >= 0.3 is 0 Å². The van der Waals surface area contributed by atoms with E-state index in [0.717, 1.165) is 12.1 Å². The van der Waals surface area contributed by atoms with Crippen molar-refractivity contribution >= 4 is 40.3 Å². The number of ether oxygens (including phenoxy) is 1. The molecule has 126 valence electrons. The normalized spacial score (nSPS) is 9.78. The Kier molecular flexibility index (Phi) is 7.86. The summed E-state index contributed by atoms with van der Waals surface area (Å²) >= 11 is 11.7. The highest BCUT2D eigenvalue weighted by Gasteiger charge is 2.03. The Morgan fingerprint density at radius 1 is 1.04 bits per heavy atom. The average molecular weight is 356 g/mol. The maximum Gasteiger partial charge on any atom is 0.138 e. The lowest BCUT2D eigenvalue weighted by atomic mass is 10.2. The first-order valence-electron chi connectivity index (χ1n) is 7.26. The zero-order valence-corrected chi connectivity index (χ0v) is 15.2. The average Bonchev–Trinajstić information content (AvgIpc) is 2.49. The Morgan fingerprint density at radius 3 is 2.26 bits per heavy atom. The van der Waals surface area contributed by atoms with Crippen molar-refractivity contribution in [2.45, 2.75) is 13.3 Å². The Hall–Kier alpha value is -1.78. The number of hydrogen-bond acceptors (Lipinski definition) is 4. The van der Waals surface area contributed by atoms with Crippen molar-refractivity contribution in [1.82, 2.24) is 0 Å². The van der Waals surface area contributed by atoms with Gasteiger partial charge in [0.2, 0.25) is 0 Å². The molecule has 0 saturated heterocycles. The standard InChI is InChI=1S/C9H12ClNO.C8H11ClN2/c1-2-5-12-9-4-3-7(11)6-8(9)10;1-11(2)7-5-3-4-6(9)8(7)10/h3-4,6H,2,5,11H2,1H3;3-5H,10H2,1-2H3. The summed E-state index contributed by atoms with van der Waals surface area (Å²) in [6, 6.07) is 10.8. The summed E-state index contributed by atoms with van der Waals surface area (Å²) in [7, 11) is 3.87. The van der Waals surface area contributed by atoms with E-state index in [0.29, 0.717) is 33.8 Å². The molecule has 23 heavy (non-hydrogen) atoms. The summed E-state index contributed by atoms with van der Waals surface area (Å²) in [5, 5.41) is 1.18. The number of nitrogens with zero attached hydrogens (tertiary/aromatic N) is 1. The minimum atomic E-state index is 0.573. The number of rotatable bonds is 4. The van der Waals surface area contributed by atoms with E-state index in [4.69, 9.17) is 39.4 Å². The second kappa shape index (κ2) is 9.38. The van der Waals surface area contributed by atoms with Gasteiger partial charge in [-0.2, -0.15) is 0 Å². The van der Waals surface area contributed by atoms with Crippen molar-refractivity contribution in [3.63, 3.8) is 0 Å². The Labute approximate surface area is 147 Å². The van der Waals surface area contributed by atoms with E-state index >= 15 is 0 Å². The summed E-state index contributed by atoms with van der Waals surface area (Å²) < 4.78 is 5.35. The third-order valence-corrected chi connectivity index (χ3v) is 3.55. The van der Waals surface area contributed by atoms with Crippen molar-refractivity contribution in [1.29, 1.82) is 0 Å². The fourth-order valence-electron chi connectivity index (χ4n) is 1.76. The van der Waals surface area contributed by atoms with Crippen LogP contribution in [0.4, 0.5) is 17.1 Å². The fourth-order valence-corrected chi connectivity index (χ4v) is 2.17. The van der Waals surface area contributed by atoms with Crippen LogP contribution in [0.3, 0.4) is 0 Å². The molecule has 6 heteroatoms. The largest absolute Gasteiger partial charge is 0.492 e. The summed E-state index contributed by atoms with van der Waals surface area (Å²) in [6.07, 6.45) is 0.973. The summed E-state index contributed by atoms with van der Waals surface area (Å²) in [5.41, 5.74) is 13.5. The van der Waals surface area contributed by atoms with Crippen LogP contribution in [0.25, 0.3) is 0 Å². The highest BCUT2D eigenvalue weighted by atomic mass is 35.5. The van der Waals surface area contributed by atoms with E-state index in [1.807, 2.05) is 38.1 Å². The van der Waals surface area contributed by atoms with Gasteiger partial charge in [-0.25, -0.2) is 0 Å². The molecule has 0 spiro atoms. The smallest absolute Gasteiger partial charge is 0.138 e. The number of halogens is 2. The predicted octanol–water partition coefficient (Wildman–Crippen LogP) is 4.70. The second-order valence-corrected chi connectivity index (χ2v) is 5.92. The van der Waals surface area contributed by atoms with Crippen LogP contribution < -0.4 is 21.1 Å². The van der Waals surface area contributed by atoms with Crippen LogP contribution in [0.2, 0.25) is 10.0 Å². The van der Waals surface area contributed by atoms with Crippen LogP contribution >= 0.6 is 23.2 Å². The molecule has 0 fully saturated rings. The minimum absolute atomic E-state index is 0.573. The number of para-hydroxylation sites is 1. The number of nitrogens with two attached hydrogens (primary N) is 2. The van der Waals surface area contributed by atoms with Gasteiger partial charge in [-0.3, -0.25) is 0 Å². The minimum Gasteiger partial charge on any atom is -0.492 e. The molecule has 0 bridgehead atoms. The van der Waals surface area contributed by atoms with Crippen LogP contribution in [-0.4, -0.2) is 20.7 Å². The summed E-state index contributed by atoms with van der Waals surface area (Å²) in [6.45, 7) is 2.73. The molecule has 0 unspecified atom stereocenters. The third-order valence-electron chi connectivity index (χ3n) is 2.93. The summed E-state index contributed by atoms with van der Waals surface area (Å²) in [4.78, 5) is 1.93. The SMILES string of the molecule is CCCOc1ccc(N)cc1Cl.CN(C)c1cccc(Cl)c1N. The first-order valence-corrected chi connectivity index (χ1v) is 8.01. The molecule has 2 rings (SSSR count). The first kappa shape index (κ1) is 19.3. The molecule has 0 saturated carbocycles. The van der Waals surface area contributed by atoms with Crippen LogP contribution in [0.5, 0.6) is 5.75 Å². The van der Waals surface area contributed by atoms with E-state index in [2.05, 4.69) is 0 Å². The molecule has 0 atom stereocenters. The van der Waals surface area contributed by atoms with Crippen LogP contribution in [0.1, 0.15) is 13.3 Å². The second-order valence-electron chi connectivity index (χ2n) is 5.11. The highest BCUT2D eigenvalue weighted by molar-refractivity contribution is 6.33. The van der Waals surface area contributed by atoms with Gasteiger partial charge in [0, 0.05) is 19.8 Å². The molecule has 4 nitrogen and oxygen atoms in total. The molecule has 0 aromatic heterocycles. The monoisotopic (exact) mass is 355 g/mol. The lowest BCUT2D eigenvalue weighted by Crippen LogP contribution is -2.10. The summed E-state index contributed by atoms with van der Waals surface area (Å²) in [5.74, 6) is 0.702. The van der Waals surface area contributed by atoms with Gasteiger partial charge in [-0.1, -0.05) is 36.2 Å². The number of nitrogen functional groups attached to an aromatic ring is 2. The van der Waals surface area contributed by atoms with E-state index in [9.17, 15) is 0 Å². The van der Waals surface area contributed by atoms with Gasteiger partial charge in [0.05, 0.1) is 28.0 Å². The van der Waals surface area contributed by atoms with Crippen molar-refractivity contribution in [3.8, 4) is 5.75 Å². The molecule has 0 aliphatic heterocycles. The molecule has 4 N–H and O–H groups in total. The van der Waals surface area contributed by atoms with E-state index < -0.39 is 0 Å². The third kappa shape index (κ3) is 6.08. The quantitative estimate of drug-likeness (QED) is 0.780.